The lowest BCUT2D eigenvalue weighted by Crippen LogP contribution is -2.34. The molecule has 0 saturated heterocycles. The molecule has 0 bridgehead atoms. The molecule has 2 unspecified atom stereocenters. The molecule has 0 spiro atoms. The topological polar surface area (TPSA) is 53.8 Å². The van der Waals surface area contributed by atoms with Gasteiger partial charge in [0, 0.05) is 39.0 Å². The molecule has 398 valence electrons. The number of thiophene rings is 2. The zero-order valence-corrected chi connectivity index (χ0v) is 48.2. The highest BCUT2D eigenvalue weighted by atomic mass is 32.1. The van der Waals surface area contributed by atoms with E-state index in [1.54, 1.807) is 22.7 Å². The van der Waals surface area contributed by atoms with Crippen LogP contribution < -0.4 is 0 Å². The van der Waals surface area contributed by atoms with Gasteiger partial charge in [0.2, 0.25) is 0 Å². The molecule has 2 atom stereocenters. The second kappa shape index (κ2) is 26.4. The molecule has 0 fully saturated rings. The maximum Gasteiger partial charge on any atom is 0.261 e. The number of unbranched alkanes of at least 4 members (excludes halogenated alkanes) is 16. The number of hydrogen-bond acceptors (Lipinski definition) is 5. The molecule has 75 heavy (non-hydrogen) atoms. The molecule has 2 aliphatic rings. The van der Waals surface area contributed by atoms with Crippen molar-refractivity contribution >= 4 is 89.4 Å². The van der Waals surface area contributed by atoms with Crippen LogP contribution in [0, 0.1) is 25.7 Å². The van der Waals surface area contributed by atoms with E-state index in [2.05, 4.69) is 136 Å². The molecule has 7 aromatic rings. The van der Waals surface area contributed by atoms with Gasteiger partial charge in [0.05, 0.1) is 32.3 Å². The van der Waals surface area contributed by atoms with Crippen molar-refractivity contribution in [3.63, 3.8) is 0 Å². The first-order valence-electron chi connectivity index (χ1n) is 29.8. The van der Waals surface area contributed by atoms with Crippen molar-refractivity contribution in [2.75, 3.05) is 13.1 Å². The molecule has 5 heterocycles. The highest BCUT2D eigenvalue weighted by molar-refractivity contribution is 7.16. The van der Waals surface area contributed by atoms with Crippen molar-refractivity contribution in [3.05, 3.63) is 116 Å². The number of para-hydroxylation sites is 1. The third-order valence-corrected chi connectivity index (χ3v) is 18.8. The van der Waals surface area contributed by atoms with Crippen molar-refractivity contribution < 1.29 is 14.0 Å². The minimum atomic E-state index is 0.0193. The van der Waals surface area contributed by atoms with Gasteiger partial charge in [-0.3, -0.25) is 9.59 Å². The summed E-state index contributed by atoms with van der Waals surface area (Å²) in [6.45, 7) is 14.7. The smallest absolute Gasteiger partial charge is 0.261 e. The quantitative estimate of drug-likeness (QED) is 0.0321. The van der Waals surface area contributed by atoms with Crippen LogP contribution in [0.4, 0.5) is 0 Å². The minimum absolute atomic E-state index is 0.0193. The van der Waals surface area contributed by atoms with Gasteiger partial charge in [-0.1, -0.05) is 204 Å². The number of benzene rings is 4. The second-order valence-electron chi connectivity index (χ2n) is 22.5. The number of aryl methyl sites for hydroxylation is 2. The summed E-state index contributed by atoms with van der Waals surface area (Å²) in [5.41, 5.74) is 7.14. The number of nitrogens with zero attached hydrogens (tertiary/aromatic N) is 2. The Balaban J connectivity index is 1.14. The van der Waals surface area contributed by atoms with Gasteiger partial charge in [-0.25, -0.2) is 0 Å². The van der Waals surface area contributed by atoms with Crippen LogP contribution in [0.3, 0.4) is 0 Å². The number of carbonyl (C=O) groups excluding carboxylic acids is 2. The summed E-state index contributed by atoms with van der Waals surface area (Å²) >= 11 is 3.46. The lowest BCUT2D eigenvalue weighted by atomic mass is 9.93. The first-order chi connectivity index (χ1) is 36.7. The standard InChI is InChI=1S/C68H86N2O3S2/c1-7-11-15-19-21-25-31-49(29-23-17-13-9-3)45-69-64(59-40-36-48(6)74-59)62-63(68(69)72)65(70(67(62)71)46-50(30-24-18-14-10-4)32-26-22-20-16-12-8-2)60-42-41-58(75-60)51-37-39-52-53-38-35-47(5)43-56(53)66-61(55(52)44-51)54-33-27-28-34-57(54)73-66/h27-28,33-44,49-50H,7-26,29-32,45-46H2,1-6H3. The van der Waals surface area contributed by atoms with Crippen LogP contribution in [0.1, 0.15) is 202 Å². The maximum atomic E-state index is 15.8. The number of rotatable bonds is 31. The van der Waals surface area contributed by atoms with E-state index in [1.165, 1.54) is 155 Å². The lowest BCUT2D eigenvalue weighted by molar-refractivity contribution is -0.124. The molecule has 2 amide bonds. The average Bonchev–Trinajstić information content (AvgIpc) is 4.35. The van der Waals surface area contributed by atoms with Gasteiger partial charge in [0.25, 0.3) is 11.8 Å². The third-order valence-electron chi connectivity index (χ3n) is 16.6. The number of fused-ring (bicyclic) bond motifs is 9. The molecule has 2 aliphatic heterocycles. The van der Waals surface area contributed by atoms with Gasteiger partial charge < -0.3 is 14.2 Å². The summed E-state index contributed by atoms with van der Waals surface area (Å²) in [5, 5.41) is 6.98. The van der Waals surface area contributed by atoms with Gasteiger partial charge >= 0.3 is 0 Å². The molecule has 0 radical (unpaired) electrons. The molecule has 3 aromatic heterocycles. The fraction of sp³-hybridized carbons (Fsp3) is 0.500. The summed E-state index contributed by atoms with van der Waals surface area (Å²) in [6, 6.07) is 30.8. The molecule has 0 aliphatic carbocycles. The summed E-state index contributed by atoms with van der Waals surface area (Å²) in [5.74, 6) is 0.784. The fourth-order valence-electron chi connectivity index (χ4n) is 12.5. The minimum Gasteiger partial charge on any atom is -0.455 e. The summed E-state index contributed by atoms with van der Waals surface area (Å²) in [6.07, 6.45) is 29.3. The molecular formula is C68H86N2O3S2. The van der Waals surface area contributed by atoms with Gasteiger partial charge in [-0.15, -0.1) is 22.7 Å². The highest BCUT2D eigenvalue weighted by Gasteiger charge is 2.50. The van der Waals surface area contributed by atoms with Crippen LogP contribution in [0.15, 0.2) is 100 Å². The van der Waals surface area contributed by atoms with Gasteiger partial charge in [-0.05, 0) is 116 Å². The van der Waals surface area contributed by atoms with E-state index in [1.807, 2.05) is 0 Å². The Kier molecular flexibility index (Phi) is 19.3. The first kappa shape index (κ1) is 54.8. The summed E-state index contributed by atoms with van der Waals surface area (Å²) in [7, 11) is 0. The van der Waals surface area contributed by atoms with Gasteiger partial charge in [0.1, 0.15) is 11.2 Å². The Hall–Kier alpha value is -4.98. The average molecular weight is 1040 g/mol. The Morgan fingerprint density at radius 3 is 1.49 bits per heavy atom. The highest BCUT2D eigenvalue weighted by Crippen LogP contribution is 2.51. The number of amides is 2. The van der Waals surface area contributed by atoms with E-state index < -0.39 is 0 Å². The maximum absolute atomic E-state index is 15.8. The van der Waals surface area contributed by atoms with Crippen molar-refractivity contribution in [2.24, 2.45) is 11.8 Å². The zero-order chi connectivity index (χ0) is 52.3. The van der Waals surface area contributed by atoms with Crippen LogP contribution in [0.2, 0.25) is 0 Å². The lowest BCUT2D eigenvalue weighted by Gasteiger charge is -2.29. The zero-order valence-electron chi connectivity index (χ0n) is 46.6. The van der Waals surface area contributed by atoms with Crippen LogP contribution in [0.25, 0.3) is 65.3 Å². The van der Waals surface area contributed by atoms with Crippen LogP contribution in [-0.2, 0) is 9.59 Å². The molecule has 7 heteroatoms. The van der Waals surface area contributed by atoms with Gasteiger partial charge in [-0.2, -0.15) is 0 Å². The van der Waals surface area contributed by atoms with Crippen molar-refractivity contribution in [1.82, 2.24) is 9.80 Å². The molecule has 0 saturated carbocycles. The van der Waals surface area contributed by atoms with Crippen LogP contribution >= 0.6 is 22.7 Å². The normalized spacial score (nSPS) is 14.9. The van der Waals surface area contributed by atoms with E-state index >= 15 is 9.59 Å². The Morgan fingerprint density at radius 2 is 0.933 bits per heavy atom. The van der Waals surface area contributed by atoms with E-state index in [9.17, 15) is 0 Å². The molecule has 9 rings (SSSR count). The van der Waals surface area contributed by atoms with E-state index in [0.29, 0.717) is 36.1 Å². The Bertz CT molecular complexity index is 3120. The Labute approximate surface area is 457 Å². The molecule has 4 aromatic carbocycles. The molecular weight excluding hydrogens is 957 g/mol. The number of furan rings is 1. The Morgan fingerprint density at radius 1 is 0.453 bits per heavy atom. The summed E-state index contributed by atoms with van der Waals surface area (Å²) in [4.78, 5) is 40.2. The van der Waals surface area contributed by atoms with Crippen molar-refractivity contribution in [2.45, 2.75) is 196 Å². The second-order valence-corrected chi connectivity index (χ2v) is 24.9. The largest absolute Gasteiger partial charge is 0.455 e. The third kappa shape index (κ3) is 12.4. The van der Waals surface area contributed by atoms with Crippen molar-refractivity contribution in [1.29, 1.82) is 0 Å². The number of carbonyl (C=O) groups is 2. The summed E-state index contributed by atoms with van der Waals surface area (Å²) < 4.78 is 6.69. The van der Waals surface area contributed by atoms with E-state index in [-0.39, 0.29) is 11.8 Å². The van der Waals surface area contributed by atoms with Crippen LogP contribution in [-0.4, -0.2) is 34.7 Å². The first-order valence-corrected chi connectivity index (χ1v) is 31.4. The van der Waals surface area contributed by atoms with Gasteiger partial charge in [0.15, 0.2) is 0 Å². The van der Waals surface area contributed by atoms with E-state index in [0.717, 1.165) is 84.6 Å². The molecule has 5 nitrogen and oxygen atoms in total. The predicted octanol–water partition coefficient (Wildman–Crippen LogP) is 20.8. The number of hydrogen-bond donors (Lipinski definition) is 0. The van der Waals surface area contributed by atoms with Crippen molar-refractivity contribution in [3.8, 4) is 10.4 Å². The fourth-order valence-corrected chi connectivity index (χ4v) is 14.5. The van der Waals surface area contributed by atoms with Crippen LogP contribution in [0.5, 0.6) is 0 Å². The van der Waals surface area contributed by atoms with E-state index in [4.69, 9.17) is 4.42 Å². The SMILES string of the molecule is CCCCCCCCC(CCCCCC)CN1C(=O)C2=C(c3ccc(-c4ccc5c6ccc(C)cc6c6oc7ccccc7c6c5c4)s3)N(CC(CCCCCC)CCCCCCCC)C(=O)C2=C1c1ccc(C)s1. The monoisotopic (exact) mass is 1040 g/mol. The predicted molar refractivity (Wildman–Crippen MR) is 324 cm³/mol. The molecule has 0 N–H and O–H groups in total.